The van der Waals surface area contributed by atoms with E-state index in [2.05, 4.69) is 12.2 Å². The van der Waals surface area contributed by atoms with Gasteiger partial charge in [0.25, 0.3) is 5.91 Å². The molecule has 1 aromatic carbocycles. The van der Waals surface area contributed by atoms with Crippen LogP contribution < -0.4 is 10.1 Å². The van der Waals surface area contributed by atoms with E-state index in [-0.39, 0.29) is 6.42 Å². The van der Waals surface area contributed by atoms with Crippen LogP contribution in [0.5, 0.6) is 5.75 Å². The molecule has 0 saturated heterocycles. The van der Waals surface area contributed by atoms with Crippen LogP contribution in [0.1, 0.15) is 39.0 Å². The molecule has 0 radical (unpaired) electrons. The van der Waals surface area contributed by atoms with Crippen LogP contribution in [0.4, 0.5) is 5.69 Å². The van der Waals surface area contributed by atoms with E-state index in [0.717, 1.165) is 25.9 Å². The van der Waals surface area contributed by atoms with Crippen LogP contribution in [-0.4, -0.2) is 58.4 Å². The number of unbranched alkanes of at least 4 members (excludes halogenated alkanes) is 2. The summed E-state index contributed by atoms with van der Waals surface area (Å²) in [7, 11) is 1.57. The second kappa shape index (κ2) is 16.0. The lowest BCUT2D eigenvalue weighted by Gasteiger charge is -2.07. The van der Waals surface area contributed by atoms with Crippen molar-refractivity contribution >= 4 is 17.4 Å². The average Bonchev–Trinajstić information content (AvgIpc) is 2.71. The fourth-order valence-corrected chi connectivity index (χ4v) is 2.27. The fourth-order valence-electron chi connectivity index (χ4n) is 2.27. The molecule has 7 nitrogen and oxygen atoms in total. The highest BCUT2D eigenvalue weighted by Gasteiger charge is 2.13. The van der Waals surface area contributed by atoms with Gasteiger partial charge >= 0.3 is 0 Å². The van der Waals surface area contributed by atoms with Crippen molar-refractivity contribution in [1.29, 1.82) is 0 Å². The van der Waals surface area contributed by atoms with E-state index in [1.54, 1.807) is 31.4 Å². The Morgan fingerprint density at radius 1 is 0.821 bits per heavy atom. The first-order valence-electron chi connectivity index (χ1n) is 9.88. The largest absolute Gasteiger partial charge is 0.497 e. The number of amides is 1. The van der Waals surface area contributed by atoms with Crippen LogP contribution >= 0.6 is 0 Å². The van der Waals surface area contributed by atoms with Crippen molar-refractivity contribution in [2.75, 3.05) is 52.1 Å². The van der Waals surface area contributed by atoms with Crippen molar-refractivity contribution in [3.05, 3.63) is 24.3 Å². The third-order valence-corrected chi connectivity index (χ3v) is 3.93. The Hall–Kier alpha value is -1.96. The van der Waals surface area contributed by atoms with E-state index < -0.39 is 11.7 Å². The molecule has 0 atom stereocenters. The highest BCUT2D eigenvalue weighted by atomic mass is 16.5. The first-order valence-corrected chi connectivity index (χ1v) is 9.88. The molecule has 1 N–H and O–H groups in total. The Morgan fingerprint density at radius 3 is 1.96 bits per heavy atom. The van der Waals surface area contributed by atoms with Gasteiger partial charge < -0.3 is 24.3 Å². The summed E-state index contributed by atoms with van der Waals surface area (Å²) in [5.41, 5.74) is 0.568. The van der Waals surface area contributed by atoms with E-state index in [4.69, 9.17) is 18.9 Å². The Bertz CT molecular complexity index is 546. The molecule has 7 heteroatoms. The minimum Gasteiger partial charge on any atom is -0.497 e. The molecule has 1 amide bonds. The van der Waals surface area contributed by atoms with Crippen LogP contribution in [0.15, 0.2) is 24.3 Å². The number of ether oxygens (including phenoxy) is 4. The van der Waals surface area contributed by atoms with E-state index in [9.17, 15) is 9.59 Å². The lowest BCUT2D eigenvalue weighted by Crippen LogP contribution is -2.22. The molecular formula is C21H33NO6. The monoisotopic (exact) mass is 395 g/mol. The van der Waals surface area contributed by atoms with Gasteiger partial charge in [0.05, 0.1) is 33.5 Å². The molecular weight excluding hydrogens is 362 g/mol. The molecule has 0 aliphatic carbocycles. The molecule has 0 aliphatic rings. The lowest BCUT2D eigenvalue weighted by molar-refractivity contribution is -0.134. The van der Waals surface area contributed by atoms with Crippen molar-refractivity contribution in [1.82, 2.24) is 0 Å². The number of carbonyl (C=O) groups excluding carboxylic acids is 2. The number of methoxy groups -OCH3 is 1. The zero-order valence-electron chi connectivity index (χ0n) is 17.0. The van der Waals surface area contributed by atoms with Crippen LogP contribution in [0.3, 0.4) is 0 Å². The van der Waals surface area contributed by atoms with E-state index in [0.29, 0.717) is 50.9 Å². The van der Waals surface area contributed by atoms with Crippen LogP contribution in [0.2, 0.25) is 0 Å². The van der Waals surface area contributed by atoms with Crippen LogP contribution in [0, 0.1) is 0 Å². The van der Waals surface area contributed by atoms with Gasteiger partial charge in [-0.1, -0.05) is 13.3 Å². The van der Waals surface area contributed by atoms with Gasteiger partial charge in [-0.3, -0.25) is 9.59 Å². The molecule has 1 rings (SSSR count). The number of anilines is 1. The summed E-state index contributed by atoms with van der Waals surface area (Å²) in [5, 5.41) is 2.59. The van der Waals surface area contributed by atoms with Crippen LogP contribution in [-0.2, 0) is 23.8 Å². The second-order valence-electron chi connectivity index (χ2n) is 6.25. The van der Waals surface area contributed by atoms with Gasteiger partial charge in [-0.25, -0.2) is 0 Å². The summed E-state index contributed by atoms with van der Waals surface area (Å²) in [4.78, 5) is 23.7. The zero-order valence-corrected chi connectivity index (χ0v) is 17.0. The van der Waals surface area contributed by atoms with Gasteiger partial charge in [0.2, 0.25) is 5.78 Å². The Balaban J connectivity index is 1.96. The molecule has 0 aromatic heterocycles. The SMILES string of the molecule is CCCCOCCOCCOCCCCC(=O)C(=O)Nc1ccc(OC)cc1. The standard InChI is InChI=1S/C21H33NO6/c1-3-4-12-26-14-16-28-17-15-27-13-6-5-7-20(23)21(24)22-18-8-10-19(25-2)11-9-18/h8-11H,3-7,12-17H2,1-2H3,(H,22,24). The number of rotatable bonds is 17. The van der Waals surface area contributed by atoms with Gasteiger partial charge in [0, 0.05) is 25.3 Å². The van der Waals surface area contributed by atoms with Gasteiger partial charge in [0.15, 0.2) is 0 Å². The molecule has 0 spiro atoms. The predicted octanol–water partition coefficient (Wildman–Crippen LogP) is 3.22. The number of hydrogen-bond donors (Lipinski definition) is 1. The first-order chi connectivity index (χ1) is 13.7. The van der Waals surface area contributed by atoms with Crippen molar-refractivity contribution in [3.8, 4) is 5.75 Å². The fraction of sp³-hybridized carbons (Fsp3) is 0.619. The molecule has 0 bridgehead atoms. The third-order valence-electron chi connectivity index (χ3n) is 3.93. The molecule has 0 heterocycles. The predicted molar refractivity (Wildman–Crippen MR) is 108 cm³/mol. The Kier molecular flexibility index (Phi) is 13.8. The number of hydrogen-bond acceptors (Lipinski definition) is 6. The molecule has 28 heavy (non-hydrogen) atoms. The Morgan fingerprint density at radius 2 is 1.39 bits per heavy atom. The minimum atomic E-state index is -0.597. The summed E-state index contributed by atoms with van der Waals surface area (Å²) >= 11 is 0. The third kappa shape index (κ3) is 11.7. The summed E-state index contributed by atoms with van der Waals surface area (Å²) in [6.45, 7) is 5.69. The quantitative estimate of drug-likeness (QED) is 0.322. The van der Waals surface area contributed by atoms with Gasteiger partial charge in [-0.05, 0) is 43.5 Å². The van der Waals surface area contributed by atoms with Gasteiger partial charge in [0.1, 0.15) is 5.75 Å². The second-order valence-corrected chi connectivity index (χ2v) is 6.25. The zero-order chi connectivity index (χ0) is 20.5. The summed E-state index contributed by atoms with van der Waals surface area (Å²) in [5.74, 6) is -0.335. The number of nitrogens with one attached hydrogen (secondary N) is 1. The van der Waals surface area contributed by atoms with Crippen molar-refractivity contribution in [2.24, 2.45) is 0 Å². The highest BCUT2D eigenvalue weighted by molar-refractivity contribution is 6.40. The highest BCUT2D eigenvalue weighted by Crippen LogP contribution is 2.15. The molecule has 158 valence electrons. The molecule has 1 aromatic rings. The first kappa shape index (κ1) is 24.1. The van der Waals surface area contributed by atoms with Gasteiger partial charge in [-0.2, -0.15) is 0 Å². The summed E-state index contributed by atoms with van der Waals surface area (Å²) < 4.78 is 21.3. The van der Waals surface area contributed by atoms with E-state index in [1.165, 1.54) is 0 Å². The number of carbonyl (C=O) groups is 2. The lowest BCUT2D eigenvalue weighted by atomic mass is 10.1. The molecule has 0 saturated carbocycles. The van der Waals surface area contributed by atoms with Crippen LogP contribution in [0.25, 0.3) is 0 Å². The van der Waals surface area contributed by atoms with E-state index >= 15 is 0 Å². The molecule has 0 fully saturated rings. The number of ketones is 1. The maximum absolute atomic E-state index is 11.9. The van der Waals surface area contributed by atoms with Crippen molar-refractivity contribution in [3.63, 3.8) is 0 Å². The van der Waals surface area contributed by atoms with Crippen molar-refractivity contribution < 1.29 is 28.5 Å². The average molecular weight is 395 g/mol. The normalized spacial score (nSPS) is 10.6. The Labute approximate surface area is 167 Å². The molecule has 0 aliphatic heterocycles. The summed E-state index contributed by atoms with van der Waals surface area (Å²) in [6.07, 6.45) is 3.75. The topological polar surface area (TPSA) is 83.1 Å². The number of benzene rings is 1. The van der Waals surface area contributed by atoms with E-state index in [1.807, 2.05) is 0 Å². The summed E-state index contributed by atoms with van der Waals surface area (Å²) in [6, 6.07) is 6.83. The maximum Gasteiger partial charge on any atom is 0.291 e. The molecule has 0 unspecified atom stereocenters. The minimum absolute atomic E-state index is 0.205. The number of Topliss-reactive ketones (excluding diaryl/α,β-unsaturated/α-hetero) is 1. The smallest absolute Gasteiger partial charge is 0.291 e. The van der Waals surface area contributed by atoms with Crippen molar-refractivity contribution in [2.45, 2.75) is 39.0 Å². The maximum atomic E-state index is 11.9. The van der Waals surface area contributed by atoms with Gasteiger partial charge in [-0.15, -0.1) is 0 Å².